The lowest BCUT2D eigenvalue weighted by Crippen LogP contribution is -3.00. The van der Waals surface area contributed by atoms with Gasteiger partial charge >= 0.3 is 11.9 Å². The molecule has 118 valence electrons. The van der Waals surface area contributed by atoms with Crippen LogP contribution in [0.3, 0.4) is 0 Å². The second-order valence-electron chi connectivity index (χ2n) is 5.50. The number of hydrogen-bond donors (Lipinski definition) is 1. The van der Waals surface area contributed by atoms with Crippen LogP contribution in [0.2, 0.25) is 0 Å². The predicted molar refractivity (Wildman–Crippen MR) is 73.7 cm³/mol. The van der Waals surface area contributed by atoms with Crippen molar-refractivity contribution in [1.29, 1.82) is 0 Å². The van der Waals surface area contributed by atoms with Crippen LogP contribution < -0.4 is 17.0 Å². The minimum atomic E-state index is -0.736. The Morgan fingerprint density at radius 3 is 2.25 bits per heavy atom. The Kier molecular flexibility index (Phi) is 11.6. The van der Waals surface area contributed by atoms with Gasteiger partial charge in [-0.25, -0.2) is 4.79 Å². The Hall–Kier alpha value is -0.880. The van der Waals surface area contributed by atoms with Crippen LogP contribution >= 0.6 is 0 Å². The van der Waals surface area contributed by atoms with Crippen molar-refractivity contribution in [3.05, 3.63) is 12.2 Å². The number of esters is 1. The standard InChI is InChI=1S/C14H25NO4.BrH/c1-12(2)14(18)19-11-10-15(3,4)9-7-5-6-8-13(16)17;/h1,5-11H2,2-4H3;1H. The molecule has 5 nitrogen and oxygen atoms in total. The maximum atomic E-state index is 11.2. The maximum Gasteiger partial charge on any atom is 0.333 e. The summed E-state index contributed by atoms with van der Waals surface area (Å²) in [4.78, 5) is 21.6. The van der Waals surface area contributed by atoms with Crippen molar-refractivity contribution in [2.24, 2.45) is 0 Å². The normalized spacial score (nSPS) is 10.6. The molecule has 0 aliphatic rings. The summed E-state index contributed by atoms with van der Waals surface area (Å²) < 4.78 is 5.83. The van der Waals surface area contributed by atoms with Crippen LogP contribution in [0.4, 0.5) is 0 Å². The fourth-order valence-electron chi connectivity index (χ4n) is 1.61. The van der Waals surface area contributed by atoms with Crippen LogP contribution in [-0.4, -0.2) is 55.3 Å². The first-order valence-corrected chi connectivity index (χ1v) is 6.61. The predicted octanol–water partition coefficient (Wildman–Crippen LogP) is -1.17. The molecule has 0 saturated heterocycles. The Bertz CT molecular complexity index is 329. The van der Waals surface area contributed by atoms with Crippen molar-refractivity contribution in [1.82, 2.24) is 0 Å². The Morgan fingerprint density at radius 2 is 1.75 bits per heavy atom. The molecule has 0 aliphatic carbocycles. The molecular formula is C14H26BrNO4. The second-order valence-corrected chi connectivity index (χ2v) is 5.50. The van der Waals surface area contributed by atoms with Crippen LogP contribution in [0.1, 0.15) is 32.6 Å². The van der Waals surface area contributed by atoms with E-state index in [1.807, 2.05) is 0 Å². The molecule has 0 saturated carbocycles. The third-order valence-corrected chi connectivity index (χ3v) is 2.93. The van der Waals surface area contributed by atoms with Crippen LogP contribution in [-0.2, 0) is 14.3 Å². The van der Waals surface area contributed by atoms with Crippen molar-refractivity contribution >= 4 is 11.9 Å². The minimum absolute atomic E-state index is 0. The summed E-state index contributed by atoms with van der Waals surface area (Å²) in [5.74, 6) is -1.08. The van der Waals surface area contributed by atoms with Gasteiger partial charge in [-0.3, -0.25) is 4.79 Å². The summed E-state index contributed by atoms with van der Waals surface area (Å²) in [7, 11) is 4.15. The fraction of sp³-hybridized carbons (Fsp3) is 0.714. The van der Waals surface area contributed by atoms with Gasteiger partial charge in [-0.05, 0) is 26.2 Å². The molecule has 0 fully saturated rings. The van der Waals surface area contributed by atoms with E-state index in [1.54, 1.807) is 6.92 Å². The number of carboxylic acid groups (broad SMARTS) is 1. The van der Waals surface area contributed by atoms with Crippen LogP contribution in [0.25, 0.3) is 0 Å². The molecule has 0 aromatic carbocycles. The molecule has 0 bridgehead atoms. The van der Waals surface area contributed by atoms with Crippen molar-refractivity contribution in [3.63, 3.8) is 0 Å². The van der Waals surface area contributed by atoms with Crippen molar-refractivity contribution < 1.29 is 40.9 Å². The SMILES string of the molecule is C=C(C)C(=O)OCC[N+](C)(C)CCCCCC(=O)O.[Br-]. The number of unbranched alkanes of at least 4 members (excludes halogenated alkanes) is 2. The van der Waals surface area contributed by atoms with E-state index in [1.165, 1.54) is 0 Å². The molecule has 0 amide bonds. The molecule has 0 aromatic rings. The lowest BCUT2D eigenvalue weighted by atomic mass is 10.2. The quantitative estimate of drug-likeness (QED) is 0.233. The summed E-state index contributed by atoms with van der Waals surface area (Å²) in [5, 5.41) is 8.53. The number of carboxylic acids is 1. The monoisotopic (exact) mass is 351 g/mol. The lowest BCUT2D eigenvalue weighted by Gasteiger charge is -2.29. The number of carbonyl (C=O) groups is 2. The van der Waals surface area contributed by atoms with Gasteiger partial charge in [0.05, 0.1) is 20.6 Å². The molecule has 0 radical (unpaired) electrons. The molecular weight excluding hydrogens is 326 g/mol. The smallest absolute Gasteiger partial charge is 0.333 e. The molecule has 0 aliphatic heterocycles. The highest BCUT2D eigenvalue weighted by molar-refractivity contribution is 5.86. The Balaban J connectivity index is 0. The molecule has 20 heavy (non-hydrogen) atoms. The van der Waals surface area contributed by atoms with Crippen molar-refractivity contribution in [2.75, 3.05) is 33.8 Å². The van der Waals surface area contributed by atoms with Gasteiger partial charge in [0.15, 0.2) is 0 Å². The van der Waals surface area contributed by atoms with Gasteiger partial charge < -0.3 is 31.3 Å². The number of aliphatic carboxylic acids is 1. The van der Waals surface area contributed by atoms with Gasteiger partial charge in [0.25, 0.3) is 0 Å². The van der Waals surface area contributed by atoms with Crippen molar-refractivity contribution in [3.8, 4) is 0 Å². The zero-order chi connectivity index (χ0) is 14.9. The fourth-order valence-corrected chi connectivity index (χ4v) is 1.61. The largest absolute Gasteiger partial charge is 1.00 e. The Labute approximate surface area is 132 Å². The van der Waals surface area contributed by atoms with E-state index >= 15 is 0 Å². The number of likely N-dealkylation sites (N-methyl/N-ethyl adjacent to an activating group) is 1. The van der Waals surface area contributed by atoms with Gasteiger partial charge in [-0.1, -0.05) is 6.58 Å². The summed E-state index contributed by atoms with van der Waals surface area (Å²) in [6, 6.07) is 0. The molecule has 0 rings (SSSR count). The number of nitrogens with zero attached hydrogens (tertiary/aromatic N) is 1. The van der Waals surface area contributed by atoms with Gasteiger partial charge in [-0.2, -0.15) is 0 Å². The highest BCUT2D eigenvalue weighted by Gasteiger charge is 2.15. The van der Waals surface area contributed by atoms with Crippen LogP contribution in [0.15, 0.2) is 12.2 Å². The van der Waals surface area contributed by atoms with E-state index in [4.69, 9.17) is 9.84 Å². The average Bonchev–Trinajstić information content (AvgIpc) is 2.27. The van der Waals surface area contributed by atoms with E-state index in [0.717, 1.165) is 36.8 Å². The summed E-state index contributed by atoms with van der Waals surface area (Å²) >= 11 is 0. The minimum Gasteiger partial charge on any atom is -1.00 e. The highest BCUT2D eigenvalue weighted by atomic mass is 79.9. The summed E-state index contributed by atoms with van der Waals surface area (Å²) in [6.07, 6.45) is 2.86. The zero-order valence-electron chi connectivity index (χ0n) is 12.7. The van der Waals surface area contributed by atoms with Gasteiger partial charge in [0, 0.05) is 12.0 Å². The van der Waals surface area contributed by atoms with Crippen LogP contribution in [0.5, 0.6) is 0 Å². The van der Waals surface area contributed by atoms with Crippen molar-refractivity contribution in [2.45, 2.75) is 32.6 Å². The first-order valence-electron chi connectivity index (χ1n) is 6.61. The zero-order valence-corrected chi connectivity index (χ0v) is 14.2. The second kappa shape index (κ2) is 10.9. The molecule has 0 heterocycles. The lowest BCUT2D eigenvalue weighted by molar-refractivity contribution is -0.890. The third kappa shape index (κ3) is 12.2. The van der Waals surface area contributed by atoms with E-state index in [9.17, 15) is 9.59 Å². The number of halogens is 1. The maximum absolute atomic E-state index is 11.2. The molecule has 0 unspecified atom stereocenters. The van der Waals surface area contributed by atoms with Crippen LogP contribution in [0, 0.1) is 0 Å². The average molecular weight is 352 g/mol. The number of rotatable bonds is 10. The van der Waals surface area contributed by atoms with E-state index in [-0.39, 0.29) is 29.4 Å². The Morgan fingerprint density at radius 1 is 1.15 bits per heavy atom. The van der Waals surface area contributed by atoms with E-state index < -0.39 is 5.97 Å². The molecule has 0 spiro atoms. The topological polar surface area (TPSA) is 63.6 Å². The summed E-state index contributed by atoms with van der Waals surface area (Å²) in [6.45, 7) is 7.24. The highest BCUT2D eigenvalue weighted by Crippen LogP contribution is 2.06. The van der Waals surface area contributed by atoms with Gasteiger partial charge in [0.2, 0.25) is 0 Å². The van der Waals surface area contributed by atoms with E-state index in [2.05, 4.69) is 20.7 Å². The van der Waals surface area contributed by atoms with Gasteiger partial charge in [0.1, 0.15) is 13.2 Å². The number of quaternary nitrogens is 1. The first kappa shape index (κ1) is 21.4. The molecule has 1 N–H and O–H groups in total. The molecule has 0 aromatic heterocycles. The number of ether oxygens (including phenoxy) is 1. The number of hydrogen-bond acceptors (Lipinski definition) is 3. The first-order chi connectivity index (χ1) is 8.74. The summed E-state index contributed by atoms with van der Waals surface area (Å²) in [5.41, 5.74) is 0.416. The molecule has 6 heteroatoms. The third-order valence-electron chi connectivity index (χ3n) is 2.93. The van der Waals surface area contributed by atoms with E-state index in [0.29, 0.717) is 12.2 Å². The molecule has 0 atom stereocenters. The van der Waals surface area contributed by atoms with Gasteiger partial charge in [-0.15, -0.1) is 0 Å². The number of carbonyl (C=O) groups excluding carboxylic acids is 1.